The monoisotopic (exact) mass is 566 g/mol. The van der Waals surface area contributed by atoms with Gasteiger partial charge in [0.1, 0.15) is 11.7 Å². The standard InChI is InChI=1S/C30H30N8O4/c31-12-24-22(32)5-6-23(34-24)21-14-37(36-27(21)16-1-2-16)18-9-15(10-18)13-33-17-3-4-19-20(11-17)30(42)38(29(19)41)25-7-8-26(39)35-28(25)40/h3-6,11-12,14-16,18,25,31,33H,1-2,7-10,13,32H2,(H,35,39,40). The Balaban J connectivity index is 0.995. The van der Waals surface area contributed by atoms with Crippen LogP contribution in [-0.4, -0.2) is 62.1 Å². The van der Waals surface area contributed by atoms with Crippen molar-refractivity contribution in [3.63, 3.8) is 0 Å². The molecule has 2 aliphatic carbocycles. The summed E-state index contributed by atoms with van der Waals surface area (Å²) in [6.07, 6.45) is 7.60. The van der Waals surface area contributed by atoms with E-state index in [1.54, 1.807) is 24.3 Å². The minimum atomic E-state index is -0.976. The number of imide groups is 2. The molecule has 4 heterocycles. The highest BCUT2D eigenvalue weighted by molar-refractivity contribution is 6.23. The normalized spacial score (nSPS) is 23.4. The number of anilines is 2. The second-order valence-corrected chi connectivity index (χ2v) is 11.6. The van der Waals surface area contributed by atoms with Crippen molar-refractivity contribution in [2.24, 2.45) is 5.92 Å². The lowest BCUT2D eigenvalue weighted by Crippen LogP contribution is -2.54. The molecule has 1 saturated heterocycles. The average Bonchev–Trinajstić information content (AvgIpc) is 3.66. The van der Waals surface area contributed by atoms with Crippen molar-refractivity contribution in [3.8, 4) is 11.3 Å². The maximum absolute atomic E-state index is 13.1. The molecular formula is C30H30N8O4. The lowest BCUT2D eigenvalue weighted by atomic mass is 9.80. The molecular weight excluding hydrogens is 536 g/mol. The summed E-state index contributed by atoms with van der Waals surface area (Å²) in [6, 6.07) is 8.04. The lowest BCUT2D eigenvalue weighted by Gasteiger charge is -2.35. The first kappa shape index (κ1) is 26.1. The van der Waals surface area contributed by atoms with Crippen LogP contribution in [0, 0.1) is 11.3 Å². The van der Waals surface area contributed by atoms with Gasteiger partial charge in [-0.05, 0) is 68.4 Å². The number of nitrogens with one attached hydrogen (secondary N) is 3. The van der Waals surface area contributed by atoms with Crippen molar-refractivity contribution in [2.75, 3.05) is 17.6 Å². The Morgan fingerprint density at radius 1 is 1.02 bits per heavy atom. The van der Waals surface area contributed by atoms with Crippen molar-refractivity contribution in [2.45, 2.75) is 56.5 Å². The zero-order valence-electron chi connectivity index (χ0n) is 22.8. The number of carbonyl (C=O) groups is 4. The van der Waals surface area contributed by atoms with Crippen molar-refractivity contribution in [1.82, 2.24) is 25.0 Å². The summed E-state index contributed by atoms with van der Waals surface area (Å²) in [5, 5.41) is 18.2. The van der Waals surface area contributed by atoms with Crippen molar-refractivity contribution in [3.05, 3.63) is 59.0 Å². The molecule has 0 radical (unpaired) electrons. The van der Waals surface area contributed by atoms with Gasteiger partial charge in [0.15, 0.2) is 0 Å². The highest BCUT2D eigenvalue weighted by Gasteiger charge is 2.44. The molecule has 4 amide bonds. The van der Waals surface area contributed by atoms with Gasteiger partial charge < -0.3 is 16.5 Å². The van der Waals surface area contributed by atoms with E-state index in [0.717, 1.165) is 53.2 Å². The van der Waals surface area contributed by atoms with Crippen LogP contribution in [0.2, 0.25) is 0 Å². The summed E-state index contributed by atoms with van der Waals surface area (Å²) in [4.78, 5) is 55.4. The van der Waals surface area contributed by atoms with Crippen LogP contribution in [0.25, 0.3) is 11.3 Å². The highest BCUT2D eigenvalue weighted by atomic mass is 16.2. The van der Waals surface area contributed by atoms with Crippen LogP contribution in [0.4, 0.5) is 11.4 Å². The summed E-state index contributed by atoms with van der Waals surface area (Å²) in [6.45, 7) is 0.708. The Morgan fingerprint density at radius 3 is 2.55 bits per heavy atom. The minimum absolute atomic E-state index is 0.0880. The molecule has 42 heavy (non-hydrogen) atoms. The first-order valence-corrected chi connectivity index (χ1v) is 14.3. The van der Waals surface area contributed by atoms with E-state index < -0.39 is 29.7 Å². The largest absolute Gasteiger partial charge is 0.397 e. The topological polar surface area (TPSA) is 176 Å². The van der Waals surface area contributed by atoms with Gasteiger partial charge in [0.2, 0.25) is 11.8 Å². The lowest BCUT2D eigenvalue weighted by molar-refractivity contribution is -0.136. The number of rotatable bonds is 8. The Kier molecular flexibility index (Phi) is 6.14. The number of nitrogen functional groups attached to an aromatic ring is 1. The Labute approximate surface area is 241 Å². The second kappa shape index (κ2) is 9.89. The molecule has 5 N–H and O–H groups in total. The van der Waals surface area contributed by atoms with E-state index in [0.29, 0.717) is 29.8 Å². The quantitative estimate of drug-likeness (QED) is 0.238. The van der Waals surface area contributed by atoms with Gasteiger partial charge in [0, 0.05) is 42.5 Å². The summed E-state index contributed by atoms with van der Waals surface area (Å²) >= 11 is 0. The third kappa shape index (κ3) is 4.43. The number of hydrogen-bond donors (Lipinski definition) is 4. The number of hydrogen-bond acceptors (Lipinski definition) is 9. The number of carbonyl (C=O) groups excluding carboxylic acids is 4. The van der Waals surface area contributed by atoms with Crippen LogP contribution in [-0.2, 0) is 9.59 Å². The zero-order valence-corrected chi connectivity index (χ0v) is 22.8. The van der Waals surface area contributed by atoms with E-state index in [1.165, 1.54) is 6.21 Å². The number of amides is 4. The predicted molar refractivity (Wildman–Crippen MR) is 153 cm³/mol. The highest BCUT2D eigenvalue weighted by Crippen LogP contribution is 2.45. The van der Waals surface area contributed by atoms with Crippen molar-refractivity contribution < 1.29 is 19.2 Å². The van der Waals surface area contributed by atoms with E-state index in [2.05, 4.69) is 26.5 Å². The van der Waals surface area contributed by atoms with Gasteiger partial charge in [-0.2, -0.15) is 5.10 Å². The molecule has 4 aliphatic rings. The van der Waals surface area contributed by atoms with Gasteiger partial charge in [-0.25, -0.2) is 4.98 Å². The molecule has 214 valence electrons. The van der Waals surface area contributed by atoms with Crippen LogP contribution in [0.3, 0.4) is 0 Å². The number of fused-ring (bicyclic) bond motifs is 1. The number of piperidine rings is 1. The summed E-state index contributed by atoms with van der Waals surface area (Å²) in [5.41, 5.74) is 11.0. The smallest absolute Gasteiger partial charge is 0.262 e. The molecule has 2 saturated carbocycles. The molecule has 2 aromatic heterocycles. The molecule has 7 rings (SSSR count). The molecule has 12 heteroatoms. The molecule has 0 bridgehead atoms. The number of nitrogens with two attached hydrogens (primary N) is 1. The van der Waals surface area contributed by atoms with Crippen molar-refractivity contribution in [1.29, 1.82) is 5.41 Å². The minimum Gasteiger partial charge on any atom is -0.397 e. The summed E-state index contributed by atoms with van der Waals surface area (Å²) < 4.78 is 2.06. The molecule has 0 spiro atoms. The Hall–Kier alpha value is -4.87. The Bertz CT molecular complexity index is 1670. The van der Waals surface area contributed by atoms with Gasteiger partial charge >= 0.3 is 0 Å². The maximum Gasteiger partial charge on any atom is 0.262 e. The maximum atomic E-state index is 13.1. The van der Waals surface area contributed by atoms with Crippen LogP contribution in [0.5, 0.6) is 0 Å². The first-order chi connectivity index (χ1) is 20.3. The first-order valence-electron chi connectivity index (χ1n) is 14.3. The average molecular weight is 567 g/mol. The third-order valence-corrected chi connectivity index (χ3v) is 8.71. The van der Waals surface area contributed by atoms with E-state index >= 15 is 0 Å². The SMILES string of the molecule is N=Cc1nc(-c2cn(C3CC(CNc4ccc5c(c4)C(=O)N(C4CCC(=O)NC4=O)C5=O)C3)nc2C2CC2)ccc1N. The molecule has 1 unspecified atom stereocenters. The van der Waals surface area contributed by atoms with E-state index in [9.17, 15) is 19.2 Å². The van der Waals surface area contributed by atoms with Crippen molar-refractivity contribution >= 4 is 41.2 Å². The number of nitrogens with zero attached hydrogens (tertiary/aromatic N) is 4. The Morgan fingerprint density at radius 2 is 1.81 bits per heavy atom. The van der Waals surface area contributed by atoms with Gasteiger partial charge in [-0.15, -0.1) is 0 Å². The number of aromatic nitrogens is 3. The summed E-state index contributed by atoms with van der Waals surface area (Å²) in [5.74, 6) is -1.18. The number of benzene rings is 1. The number of pyridine rings is 1. The fourth-order valence-electron chi connectivity index (χ4n) is 6.13. The van der Waals surface area contributed by atoms with E-state index in [4.69, 9.17) is 16.2 Å². The van der Waals surface area contributed by atoms with Gasteiger partial charge in [0.05, 0.1) is 34.2 Å². The molecule has 3 aromatic rings. The third-order valence-electron chi connectivity index (χ3n) is 8.71. The van der Waals surface area contributed by atoms with Gasteiger partial charge in [-0.3, -0.25) is 34.1 Å². The fourth-order valence-corrected chi connectivity index (χ4v) is 6.13. The molecule has 1 aromatic carbocycles. The van der Waals surface area contributed by atoms with E-state index in [-0.39, 0.29) is 30.0 Å². The molecule has 12 nitrogen and oxygen atoms in total. The molecule has 2 aliphatic heterocycles. The van der Waals surface area contributed by atoms with Gasteiger partial charge in [-0.1, -0.05) is 0 Å². The van der Waals surface area contributed by atoms with Crippen LogP contribution >= 0.6 is 0 Å². The predicted octanol–water partition coefficient (Wildman–Crippen LogP) is 2.87. The zero-order chi connectivity index (χ0) is 29.1. The van der Waals surface area contributed by atoms with Crippen LogP contribution in [0.15, 0.2) is 36.5 Å². The van der Waals surface area contributed by atoms with Crippen LogP contribution in [0.1, 0.15) is 82.6 Å². The molecule has 3 fully saturated rings. The molecule has 1 atom stereocenters. The summed E-state index contributed by atoms with van der Waals surface area (Å²) in [7, 11) is 0. The fraction of sp³-hybridized carbons (Fsp3) is 0.367. The second-order valence-electron chi connectivity index (χ2n) is 11.6. The van der Waals surface area contributed by atoms with Crippen LogP contribution < -0.4 is 16.4 Å². The van der Waals surface area contributed by atoms with Gasteiger partial charge in [0.25, 0.3) is 11.8 Å². The van der Waals surface area contributed by atoms with E-state index in [1.807, 2.05) is 6.07 Å².